The first-order valence-corrected chi connectivity index (χ1v) is 6.65. The SMILES string of the molecule is CCCC1CCC(c2ccc(F)cc2F)CC1. The Kier molecular flexibility index (Phi) is 4.14. The second-order valence-electron chi connectivity index (χ2n) is 5.17. The lowest BCUT2D eigenvalue weighted by atomic mass is 9.77. The van der Waals surface area contributed by atoms with E-state index in [1.54, 1.807) is 6.07 Å². The summed E-state index contributed by atoms with van der Waals surface area (Å²) in [6.45, 7) is 2.21. The molecule has 0 amide bonds. The Balaban J connectivity index is 2.00. The molecule has 0 unspecified atom stereocenters. The van der Waals surface area contributed by atoms with Crippen LogP contribution in [0.4, 0.5) is 8.78 Å². The zero-order valence-corrected chi connectivity index (χ0v) is 10.4. The van der Waals surface area contributed by atoms with Crippen molar-refractivity contribution in [2.75, 3.05) is 0 Å². The molecule has 0 saturated heterocycles. The molecule has 2 rings (SSSR count). The molecule has 1 aliphatic carbocycles. The van der Waals surface area contributed by atoms with E-state index in [2.05, 4.69) is 6.92 Å². The molecule has 1 aliphatic rings. The van der Waals surface area contributed by atoms with Crippen LogP contribution in [-0.2, 0) is 0 Å². The summed E-state index contributed by atoms with van der Waals surface area (Å²) < 4.78 is 26.5. The van der Waals surface area contributed by atoms with E-state index in [9.17, 15) is 8.78 Å². The van der Waals surface area contributed by atoms with Gasteiger partial charge in [0.2, 0.25) is 0 Å². The van der Waals surface area contributed by atoms with E-state index >= 15 is 0 Å². The van der Waals surface area contributed by atoms with Crippen molar-refractivity contribution < 1.29 is 8.78 Å². The highest BCUT2D eigenvalue weighted by molar-refractivity contribution is 5.23. The number of hydrogen-bond acceptors (Lipinski definition) is 0. The Morgan fingerprint density at radius 1 is 1.12 bits per heavy atom. The highest BCUT2D eigenvalue weighted by atomic mass is 19.1. The van der Waals surface area contributed by atoms with Crippen molar-refractivity contribution in [3.05, 3.63) is 35.4 Å². The van der Waals surface area contributed by atoms with Gasteiger partial charge in [0.1, 0.15) is 11.6 Å². The van der Waals surface area contributed by atoms with Gasteiger partial charge >= 0.3 is 0 Å². The average Bonchev–Trinajstić information content (AvgIpc) is 2.31. The van der Waals surface area contributed by atoms with Gasteiger partial charge in [-0.3, -0.25) is 0 Å². The van der Waals surface area contributed by atoms with E-state index in [4.69, 9.17) is 0 Å². The van der Waals surface area contributed by atoms with Gasteiger partial charge in [0.25, 0.3) is 0 Å². The molecule has 0 atom stereocenters. The van der Waals surface area contributed by atoms with Gasteiger partial charge in [0.05, 0.1) is 0 Å². The first-order chi connectivity index (χ1) is 8.20. The van der Waals surface area contributed by atoms with Crippen molar-refractivity contribution in [3.8, 4) is 0 Å². The molecule has 0 radical (unpaired) electrons. The molecule has 17 heavy (non-hydrogen) atoms. The quantitative estimate of drug-likeness (QED) is 0.692. The molecule has 0 N–H and O–H groups in total. The summed E-state index contributed by atoms with van der Waals surface area (Å²) in [5.74, 6) is 0.262. The van der Waals surface area contributed by atoms with Crippen LogP contribution in [0.25, 0.3) is 0 Å². The highest BCUT2D eigenvalue weighted by Crippen LogP contribution is 2.38. The largest absolute Gasteiger partial charge is 0.207 e. The minimum atomic E-state index is -0.481. The van der Waals surface area contributed by atoms with Crippen LogP contribution in [0.2, 0.25) is 0 Å². The molecule has 0 aliphatic heterocycles. The van der Waals surface area contributed by atoms with Gasteiger partial charge in [0.15, 0.2) is 0 Å². The van der Waals surface area contributed by atoms with E-state index in [0.717, 1.165) is 24.8 Å². The van der Waals surface area contributed by atoms with Gasteiger partial charge in [-0.2, -0.15) is 0 Å². The number of halogens is 2. The molecule has 1 aromatic carbocycles. The Labute approximate surface area is 102 Å². The summed E-state index contributed by atoms with van der Waals surface area (Å²) in [6, 6.07) is 4.00. The molecule has 0 nitrogen and oxygen atoms in total. The molecule has 94 valence electrons. The maximum atomic E-state index is 13.6. The standard InChI is InChI=1S/C15H20F2/c1-2-3-11-4-6-12(7-5-11)14-9-8-13(16)10-15(14)17/h8-12H,2-7H2,1H3. The first kappa shape index (κ1) is 12.5. The van der Waals surface area contributed by atoms with Crippen LogP contribution in [-0.4, -0.2) is 0 Å². The summed E-state index contributed by atoms with van der Waals surface area (Å²) in [5.41, 5.74) is 0.710. The van der Waals surface area contributed by atoms with E-state index in [1.807, 2.05) is 0 Å². The van der Waals surface area contributed by atoms with Gasteiger partial charge < -0.3 is 0 Å². The number of benzene rings is 1. The Morgan fingerprint density at radius 3 is 2.41 bits per heavy atom. The fourth-order valence-electron chi connectivity index (χ4n) is 3.00. The van der Waals surface area contributed by atoms with Crippen LogP contribution >= 0.6 is 0 Å². The Bertz CT molecular complexity index is 365. The van der Waals surface area contributed by atoms with Crippen molar-refractivity contribution in [3.63, 3.8) is 0 Å². The van der Waals surface area contributed by atoms with Crippen LogP contribution in [0.1, 0.15) is 56.9 Å². The molecule has 1 aromatic rings. The first-order valence-electron chi connectivity index (χ1n) is 6.65. The second-order valence-corrected chi connectivity index (χ2v) is 5.17. The maximum Gasteiger partial charge on any atom is 0.129 e. The van der Waals surface area contributed by atoms with E-state index < -0.39 is 5.82 Å². The number of rotatable bonds is 3. The molecular weight excluding hydrogens is 218 g/mol. The van der Waals surface area contributed by atoms with E-state index in [0.29, 0.717) is 11.5 Å². The van der Waals surface area contributed by atoms with Crippen LogP contribution in [0.3, 0.4) is 0 Å². The lowest BCUT2D eigenvalue weighted by molar-refractivity contribution is 0.304. The zero-order valence-electron chi connectivity index (χ0n) is 10.4. The molecular formula is C15H20F2. The third-order valence-electron chi connectivity index (χ3n) is 3.95. The van der Waals surface area contributed by atoms with Crippen molar-refractivity contribution in [2.45, 2.75) is 51.4 Å². The lowest BCUT2D eigenvalue weighted by Crippen LogP contribution is -2.14. The summed E-state index contributed by atoms with van der Waals surface area (Å²) in [6.07, 6.45) is 7.00. The molecule has 0 bridgehead atoms. The van der Waals surface area contributed by atoms with Crippen molar-refractivity contribution in [1.29, 1.82) is 0 Å². The van der Waals surface area contributed by atoms with Crippen LogP contribution in [0, 0.1) is 17.6 Å². The maximum absolute atomic E-state index is 13.6. The van der Waals surface area contributed by atoms with Gasteiger partial charge in [-0.1, -0.05) is 25.8 Å². The molecule has 2 heteroatoms. The van der Waals surface area contributed by atoms with E-state index in [1.165, 1.54) is 31.7 Å². The molecule has 1 fully saturated rings. The van der Waals surface area contributed by atoms with E-state index in [-0.39, 0.29) is 5.82 Å². The summed E-state index contributed by atoms with van der Waals surface area (Å²) in [7, 11) is 0. The second kappa shape index (κ2) is 5.61. The van der Waals surface area contributed by atoms with Crippen LogP contribution < -0.4 is 0 Å². The predicted molar refractivity (Wildman–Crippen MR) is 66.0 cm³/mol. The van der Waals surface area contributed by atoms with Crippen molar-refractivity contribution in [1.82, 2.24) is 0 Å². The fraction of sp³-hybridized carbons (Fsp3) is 0.600. The minimum absolute atomic E-state index is 0.295. The summed E-state index contributed by atoms with van der Waals surface area (Å²) >= 11 is 0. The smallest absolute Gasteiger partial charge is 0.129 e. The van der Waals surface area contributed by atoms with Gasteiger partial charge in [-0.15, -0.1) is 0 Å². The molecule has 0 spiro atoms. The molecule has 1 saturated carbocycles. The molecule has 0 heterocycles. The predicted octanol–water partition coefficient (Wildman–Crippen LogP) is 5.04. The molecule has 0 aromatic heterocycles. The Hall–Kier alpha value is -0.920. The number of hydrogen-bond donors (Lipinski definition) is 0. The van der Waals surface area contributed by atoms with Crippen LogP contribution in [0.5, 0.6) is 0 Å². The lowest BCUT2D eigenvalue weighted by Gasteiger charge is -2.28. The third-order valence-corrected chi connectivity index (χ3v) is 3.95. The highest BCUT2D eigenvalue weighted by Gasteiger charge is 2.23. The van der Waals surface area contributed by atoms with Gasteiger partial charge in [0, 0.05) is 6.07 Å². The van der Waals surface area contributed by atoms with Crippen LogP contribution in [0.15, 0.2) is 18.2 Å². The van der Waals surface area contributed by atoms with Gasteiger partial charge in [-0.25, -0.2) is 8.78 Å². The summed E-state index contributed by atoms with van der Waals surface area (Å²) in [4.78, 5) is 0. The third kappa shape index (κ3) is 3.05. The minimum Gasteiger partial charge on any atom is -0.207 e. The van der Waals surface area contributed by atoms with Crippen molar-refractivity contribution in [2.24, 2.45) is 5.92 Å². The topological polar surface area (TPSA) is 0 Å². The zero-order chi connectivity index (χ0) is 12.3. The monoisotopic (exact) mass is 238 g/mol. The summed E-state index contributed by atoms with van der Waals surface area (Å²) in [5, 5.41) is 0. The van der Waals surface area contributed by atoms with Gasteiger partial charge in [-0.05, 0) is 49.1 Å². The fourth-order valence-corrected chi connectivity index (χ4v) is 3.00. The average molecular weight is 238 g/mol. The Morgan fingerprint density at radius 2 is 1.82 bits per heavy atom. The van der Waals surface area contributed by atoms with Crippen molar-refractivity contribution >= 4 is 0 Å². The normalized spacial score (nSPS) is 24.9.